The van der Waals surface area contributed by atoms with Gasteiger partial charge < -0.3 is 20.0 Å². The highest BCUT2D eigenvalue weighted by atomic mass is 15.2. The summed E-state index contributed by atoms with van der Waals surface area (Å²) < 4.78 is 0. The average molecular weight is 270 g/mol. The number of rotatable bonds is 10. The van der Waals surface area contributed by atoms with E-state index in [-0.39, 0.29) is 0 Å². The first kappa shape index (κ1) is 16.9. The summed E-state index contributed by atoms with van der Waals surface area (Å²) in [5.41, 5.74) is 0. The van der Waals surface area contributed by atoms with Crippen LogP contribution < -0.4 is 5.32 Å². The van der Waals surface area contributed by atoms with Gasteiger partial charge in [-0.15, -0.1) is 0 Å². The minimum Gasteiger partial charge on any atom is -0.314 e. The van der Waals surface area contributed by atoms with Crippen LogP contribution >= 0.6 is 0 Å². The molecule has 1 rings (SSSR count). The van der Waals surface area contributed by atoms with Gasteiger partial charge in [0.15, 0.2) is 0 Å². The van der Waals surface area contributed by atoms with E-state index < -0.39 is 0 Å². The number of nitrogens with one attached hydrogen (secondary N) is 1. The standard InChI is InChI=1S/C15H34N4/c1-5-19(6-2)13-10-16-9-12-17(3)14-15-8-7-11-18(15)4/h15-16H,5-14H2,1-4H3. The highest BCUT2D eigenvalue weighted by Crippen LogP contribution is 2.14. The molecule has 0 amide bonds. The summed E-state index contributed by atoms with van der Waals surface area (Å²) in [6.45, 7) is 13.8. The summed E-state index contributed by atoms with van der Waals surface area (Å²) in [4.78, 5) is 7.44. The van der Waals surface area contributed by atoms with Crippen LogP contribution in [-0.2, 0) is 0 Å². The molecule has 0 radical (unpaired) electrons. The molecule has 1 heterocycles. The van der Waals surface area contributed by atoms with Gasteiger partial charge in [-0.25, -0.2) is 0 Å². The molecule has 1 saturated heterocycles. The van der Waals surface area contributed by atoms with Crippen LogP contribution in [0.5, 0.6) is 0 Å². The van der Waals surface area contributed by atoms with Gasteiger partial charge in [-0.1, -0.05) is 13.8 Å². The molecule has 4 nitrogen and oxygen atoms in total. The van der Waals surface area contributed by atoms with Crippen LogP contribution in [0.15, 0.2) is 0 Å². The third-order valence-electron chi connectivity index (χ3n) is 4.36. The lowest BCUT2D eigenvalue weighted by Gasteiger charge is -2.26. The van der Waals surface area contributed by atoms with Crippen molar-refractivity contribution in [3.05, 3.63) is 0 Å². The Hall–Kier alpha value is -0.160. The summed E-state index contributed by atoms with van der Waals surface area (Å²) in [7, 11) is 4.51. The van der Waals surface area contributed by atoms with E-state index >= 15 is 0 Å². The van der Waals surface area contributed by atoms with Gasteiger partial charge in [0, 0.05) is 38.8 Å². The average Bonchev–Trinajstić information content (AvgIpc) is 2.79. The summed E-state index contributed by atoms with van der Waals surface area (Å²) >= 11 is 0. The lowest BCUT2D eigenvalue weighted by molar-refractivity contribution is 0.219. The van der Waals surface area contributed by atoms with Crippen LogP contribution in [-0.4, -0.2) is 87.2 Å². The summed E-state index contributed by atoms with van der Waals surface area (Å²) in [6, 6.07) is 0.778. The molecule has 0 aromatic carbocycles. The Morgan fingerprint density at radius 3 is 2.42 bits per heavy atom. The van der Waals surface area contributed by atoms with Gasteiger partial charge >= 0.3 is 0 Å². The maximum Gasteiger partial charge on any atom is 0.0220 e. The van der Waals surface area contributed by atoms with Crippen molar-refractivity contribution >= 4 is 0 Å². The van der Waals surface area contributed by atoms with E-state index in [0.717, 1.165) is 38.8 Å². The van der Waals surface area contributed by atoms with Crippen LogP contribution in [0.1, 0.15) is 26.7 Å². The van der Waals surface area contributed by atoms with Gasteiger partial charge in [-0.05, 0) is 46.6 Å². The summed E-state index contributed by atoms with van der Waals surface area (Å²) in [6.07, 6.45) is 2.74. The lowest BCUT2D eigenvalue weighted by Crippen LogP contribution is -2.40. The summed E-state index contributed by atoms with van der Waals surface area (Å²) in [5, 5.41) is 3.55. The molecule has 0 saturated carbocycles. The molecule has 1 aliphatic heterocycles. The second-order valence-electron chi connectivity index (χ2n) is 5.82. The van der Waals surface area contributed by atoms with Crippen molar-refractivity contribution in [2.45, 2.75) is 32.7 Å². The zero-order valence-corrected chi connectivity index (χ0v) is 13.5. The smallest absolute Gasteiger partial charge is 0.0220 e. The molecule has 4 heteroatoms. The largest absolute Gasteiger partial charge is 0.314 e. The second-order valence-corrected chi connectivity index (χ2v) is 5.82. The predicted molar refractivity (Wildman–Crippen MR) is 83.8 cm³/mol. The topological polar surface area (TPSA) is 21.8 Å². The van der Waals surface area contributed by atoms with Gasteiger partial charge in [-0.3, -0.25) is 0 Å². The summed E-state index contributed by atoms with van der Waals surface area (Å²) in [5.74, 6) is 0. The second kappa shape index (κ2) is 9.70. The highest BCUT2D eigenvalue weighted by molar-refractivity contribution is 4.78. The van der Waals surface area contributed by atoms with Crippen molar-refractivity contribution in [2.75, 3.05) is 66.5 Å². The van der Waals surface area contributed by atoms with E-state index in [0.29, 0.717) is 0 Å². The molecule has 1 aliphatic rings. The number of nitrogens with zero attached hydrogens (tertiary/aromatic N) is 3. The van der Waals surface area contributed by atoms with Crippen LogP contribution in [0.2, 0.25) is 0 Å². The fourth-order valence-corrected chi connectivity index (χ4v) is 2.83. The number of likely N-dealkylation sites (N-methyl/N-ethyl adjacent to an activating group) is 3. The fraction of sp³-hybridized carbons (Fsp3) is 1.00. The normalized spacial score (nSPS) is 20.8. The molecular weight excluding hydrogens is 236 g/mol. The molecule has 114 valence electrons. The SMILES string of the molecule is CCN(CC)CCNCCN(C)CC1CCCN1C. The Labute approximate surface area is 120 Å². The van der Waals surface area contributed by atoms with Crippen molar-refractivity contribution in [1.29, 1.82) is 0 Å². The Balaban J connectivity index is 1.99. The Bertz CT molecular complexity index is 218. The van der Waals surface area contributed by atoms with E-state index in [1.165, 1.54) is 32.5 Å². The van der Waals surface area contributed by atoms with Gasteiger partial charge in [-0.2, -0.15) is 0 Å². The van der Waals surface area contributed by atoms with E-state index in [2.05, 4.69) is 48.0 Å². The van der Waals surface area contributed by atoms with E-state index in [4.69, 9.17) is 0 Å². The Morgan fingerprint density at radius 2 is 1.84 bits per heavy atom. The van der Waals surface area contributed by atoms with Gasteiger partial charge in [0.25, 0.3) is 0 Å². The first-order valence-corrected chi connectivity index (χ1v) is 7.99. The number of hydrogen-bond donors (Lipinski definition) is 1. The molecule has 19 heavy (non-hydrogen) atoms. The zero-order chi connectivity index (χ0) is 14.1. The molecule has 1 N–H and O–H groups in total. The number of hydrogen-bond acceptors (Lipinski definition) is 4. The van der Waals surface area contributed by atoms with Crippen molar-refractivity contribution in [1.82, 2.24) is 20.0 Å². The first-order chi connectivity index (χ1) is 9.17. The third-order valence-corrected chi connectivity index (χ3v) is 4.36. The van der Waals surface area contributed by atoms with Gasteiger partial charge in [0.2, 0.25) is 0 Å². The molecule has 0 aromatic rings. The zero-order valence-electron chi connectivity index (χ0n) is 13.5. The minimum absolute atomic E-state index is 0.778. The number of likely N-dealkylation sites (tertiary alicyclic amines) is 1. The lowest BCUT2D eigenvalue weighted by atomic mass is 10.2. The first-order valence-electron chi connectivity index (χ1n) is 7.99. The molecular formula is C15H34N4. The van der Waals surface area contributed by atoms with Gasteiger partial charge in [0.1, 0.15) is 0 Å². The monoisotopic (exact) mass is 270 g/mol. The van der Waals surface area contributed by atoms with Crippen molar-refractivity contribution in [2.24, 2.45) is 0 Å². The van der Waals surface area contributed by atoms with Gasteiger partial charge in [0.05, 0.1) is 0 Å². The van der Waals surface area contributed by atoms with E-state index in [1.54, 1.807) is 0 Å². The Kier molecular flexibility index (Phi) is 8.62. The fourth-order valence-electron chi connectivity index (χ4n) is 2.83. The van der Waals surface area contributed by atoms with Crippen molar-refractivity contribution < 1.29 is 0 Å². The van der Waals surface area contributed by atoms with Crippen LogP contribution in [0, 0.1) is 0 Å². The van der Waals surface area contributed by atoms with Crippen LogP contribution in [0.25, 0.3) is 0 Å². The van der Waals surface area contributed by atoms with E-state index in [1.807, 2.05) is 0 Å². The molecule has 1 atom stereocenters. The Morgan fingerprint density at radius 1 is 1.16 bits per heavy atom. The molecule has 0 spiro atoms. The van der Waals surface area contributed by atoms with E-state index in [9.17, 15) is 0 Å². The maximum absolute atomic E-state index is 3.55. The van der Waals surface area contributed by atoms with Crippen LogP contribution in [0.3, 0.4) is 0 Å². The minimum atomic E-state index is 0.778. The van der Waals surface area contributed by atoms with Crippen LogP contribution in [0.4, 0.5) is 0 Å². The molecule has 0 aromatic heterocycles. The molecule has 1 fully saturated rings. The molecule has 0 bridgehead atoms. The molecule has 1 unspecified atom stereocenters. The molecule has 0 aliphatic carbocycles. The maximum atomic E-state index is 3.55. The van der Waals surface area contributed by atoms with Crippen molar-refractivity contribution in [3.63, 3.8) is 0 Å². The predicted octanol–water partition coefficient (Wildman–Crippen LogP) is 0.944. The van der Waals surface area contributed by atoms with Crippen molar-refractivity contribution in [3.8, 4) is 0 Å². The quantitative estimate of drug-likeness (QED) is 0.597. The highest BCUT2D eigenvalue weighted by Gasteiger charge is 2.21. The third kappa shape index (κ3) is 6.70.